The Morgan fingerprint density at radius 2 is 0.459 bits per heavy atom. The van der Waals surface area contributed by atoms with E-state index in [9.17, 15) is 0 Å². The van der Waals surface area contributed by atoms with E-state index < -0.39 is 16.1 Å². The SMILES string of the molecule is c1ccc(-c2ccc(-c3c4ccc([Si](c5ccccc5)(c5ccccc5)c5ccccc5)cc4c(-c4ccc5ccccc5c4)c4ccc([Si](c5ccccc5)(c5ccccc5)c5ccccc5)cc34)cc2)cc1. The maximum absolute atomic E-state index is 2.94. The summed E-state index contributed by atoms with van der Waals surface area (Å²) in [7, 11) is -5.87. The summed E-state index contributed by atoms with van der Waals surface area (Å²) in [4.78, 5) is 0. The van der Waals surface area contributed by atoms with Crippen LogP contribution in [0, 0.1) is 0 Å². The van der Waals surface area contributed by atoms with Gasteiger partial charge in [0.05, 0.1) is 0 Å². The monoisotopic (exact) mass is 972 g/mol. The highest BCUT2D eigenvalue weighted by Crippen LogP contribution is 2.44. The van der Waals surface area contributed by atoms with Crippen molar-refractivity contribution < 1.29 is 0 Å². The average molecular weight is 973 g/mol. The lowest BCUT2D eigenvalue weighted by molar-refractivity contribution is 1.61. The molecule has 0 aliphatic carbocycles. The third-order valence-electron chi connectivity index (χ3n) is 15.5. The van der Waals surface area contributed by atoms with Gasteiger partial charge in [-0.2, -0.15) is 0 Å². The van der Waals surface area contributed by atoms with Crippen LogP contribution in [0.4, 0.5) is 0 Å². The van der Waals surface area contributed by atoms with Gasteiger partial charge in [-0.25, -0.2) is 0 Å². The highest BCUT2D eigenvalue weighted by molar-refractivity contribution is 7.20. The van der Waals surface area contributed by atoms with Gasteiger partial charge in [-0.1, -0.05) is 309 Å². The zero-order chi connectivity index (χ0) is 49.3. The van der Waals surface area contributed by atoms with Gasteiger partial charge >= 0.3 is 0 Å². The molecule has 0 atom stereocenters. The lowest BCUT2D eigenvalue weighted by atomic mass is 9.85. The van der Waals surface area contributed by atoms with Crippen molar-refractivity contribution in [2.75, 3.05) is 0 Å². The fourth-order valence-electron chi connectivity index (χ4n) is 12.3. The molecule has 0 nitrogen and oxygen atoms in total. The molecule has 348 valence electrons. The molecule has 0 fully saturated rings. The largest absolute Gasteiger partial charge is 0.179 e. The van der Waals surface area contributed by atoms with Gasteiger partial charge in [-0.05, 0) is 113 Å². The van der Waals surface area contributed by atoms with Crippen molar-refractivity contribution >= 4 is 90.0 Å². The number of hydrogen-bond donors (Lipinski definition) is 0. The molecule has 2 heteroatoms. The standard InChI is InChI=1S/C72H52Si2/c1-8-24-53(25-9-1)55-40-43-56(44-41-55)71-67-48-46-66(74(62-34-16-5-17-35-62,63-36-18-6-19-37-63)64-38-20-7-21-39-64)52-70(67)72(58-45-42-54-26-22-23-27-57(54)50-58)68-49-47-65(51-69(68)71)73(59-28-10-2-11-29-59,60-30-12-3-13-31-60)61-32-14-4-15-33-61/h1-52H. The molecule has 13 aromatic carbocycles. The molecule has 0 spiro atoms. The second kappa shape index (κ2) is 19.2. The van der Waals surface area contributed by atoms with Gasteiger partial charge in [0.1, 0.15) is 0 Å². The van der Waals surface area contributed by atoms with E-state index in [1.54, 1.807) is 0 Å². The molecule has 0 N–H and O–H groups in total. The number of benzene rings is 13. The summed E-state index contributed by atoms with van der Waals surface area (Å²) >= 11 is 0. The van der Waals surface area contributed by atoms with Crippen LogP contribution in [0.1, 0.15) is 0 Å². The molecular weight excluding hydrogens is 921 g/mol. The molecule has 0 aromatic heterocycles. The van der Waals surface area contributed by atoms with Gasteiger partial charge in [0, 0.05) is 0 Å². The maximum atomic E-state index is 2.60. The summed E-state index contributed by atoms with van der Waals surface area (Å²) in [6.07, 6.45) is 0. The van der Waals surface area contributed by atoms with Gasteiger partial charge in [0.15, 0.2) is 16.1 Å². The van der Waals surface area contributed by atoms with E-state index in [2.05, 4.69) is 315 Å². The average Bonchev–Trinajstić information content (AvgIpc) is 3.50. The highest BCUT2D eigenvalue weighted by atomic mass is 28.3. The zero-order valence-corrected chi connectivity index (χ0v) is 43.0. The van der Waals surface area contributed by atoms with Crippen LogP contribution < -0.4 is 41.5 Å². The lowest BCUT2D eigenvalue weighted by Gasteiger charge is -2.35. The van der Waals surface area contributed by atoms with Gasteiger partial charge < -0.3 is 0 Å². The Balaban J connectivity index is 1.20. The predicted octanol–water partition coefficient (Wildman–Crippen LogP) is 12.9. The van der Waals surface area contributed by atoms with Crippen LogP contribution in [0.5, 0.6) is 0 Å². The van der Waals surface area contributed by atoms with Crippen molar-refractivity contribution in [1.82, 2.24) is 0 Å². The van der Waals surface area contributed by atoms with Crippen molar-refractivity contribution in [1.29, 1.82) is 0 Å². The van der Waals surface area contributed by atoms with Crippen LogP contribution in [0.25, 0.3) is 65.7 Å². The van der Waals surface area contributed by atoms with Crippen molar-refractivity contribution in [3.8, 4) is 33.4 Å². The van der Waals surface area contributed by atoms with E-state index in [1.807, 2.05) is 0 Å². The molecule has 0 saturated heterocycles. The molecule has 0 amide bonds. The fourth-order valence-corrected chi connectivity index (χ4v) is 21.8. The molecule has 0 unspecified atom stereocenters. The summed E-state index contributed by atoms with van der Waals surface area (Å²) < 4.78 is 0. The van der Waals surface area contributed by atoms with Crippen LogP contribution in [-0.2, 0) is 0 Å². The second-order valence-corrected chi connectivity index (χ2v) is 27.1. The Hall–Kier alpha value is -8.93. The number of rotatable bonds is 11. The summed E-state index contributed by atoms with van der Waals surface area (Å²) in [6.45, 7) is 0. The Morgan fingerprint density at radius 3 is 0.851 bits per heavy atom. The minimum Gasteiger partial charge on any atom is -0.0623 e. The normalized spacial score (nSPS) is 11.8. The molecule has 0 aliphatic rings. The lowest BCUT2D eigenvalue weighted by Crippen LogP contribution is -2.74. The van der Waals surface area contributed by atoms with E-state index in [0.717, 1.165) is 0 Å². The molecule has 0 heterocycles. The van der Waals surface area contributed by atoms with E-state index in [-0.39, 0.29) is 0 Å². The first kappa shape index (κ1) is 45.0. The van der Waals surface area contributed by atoms with Crippen LogP contribution in [0.2, 0.25) is 0 Å². The molecule has 13 aromatic rings. The smallest absolute Gasteiger partial charge is 0.0623 e. The summed E-state index contributed by atoms with van der Waals surface area (Å²) in [5.74, 6) is 0. The molecule has 0 aliphatic heterocycles. The first-order valence-electron chi connectivity index (χ1n) is 25.7. The van der Waals surface area contributed by atoms with Crippen molar-refractivity contribution in [3.05, 3.63) is 315 Å². The topological polar surface area (TPSA) is 0 Å². The minimum atomic E-state index is -2.94. The summed E-state index contributed by atoms with van der Waals surface area (Å²) in [6, 6.07) is 119. The van der Waals surface area contributed by atoms with Crippen LogP contribution in [0.15, 0.2) is 315 Å². The zero-order valence-electron chi connectivity index (χ0n) is 41.0. The van der Waals surface area contributed by atoms with Crippen molar-refractivity contribution in [2.45, 2.75) is 0 Å². The first-order chi connectivity index (χ1) is 36.7. The number of hydrogen-bond acceptors (Lipinski definition) is 0. The third-order valence-corrected chi connectivity index (χ3v) is 25.1. The van der Waals surface area contributed by atoms with Crippen molar-refractivity contribution in [3.63, 3.8) is 0 Å². The van der Waals surface area contributed by atoms with Crippen LogP contribution >= 0.6 is 0 Å². The predicted molar refractivity (Wildman–Crippen MR) is 323 cm³/mol. The third kappa shape index (κ3) is 7.58. The van der Waals surface area contributed by atoms with Gasteiger partial charge in [-0.3, -0.25) is 0 Å². The highest BCUT2D eigenvalue weighted by Gasteiger charge is 2.43. The van der Waals surface area contributed by atoms with E-state index >= 15 is 0 Å². The minimum absolute atomic E-state index is 1.19. The summed E-state index contributed by atoms with van der Waals surface area (Å²) in [5, 5.41) is 18.3. The molecule has 13 rings (SSSR count). The maximum Gasteiger partial charge on any atom is 0.179 e. The Labute approximate surface area is 436 Å². The van der Waals surface area contributed by atoms with E-state index in [4.69, 9.17) is 0 Å². The van der Waals surface area contributed by atoms with Gasteiger partial charge in [-0.15, -0.1) is 0 Å². The van der Waals surface area contributed by atoms with E-state index in [1.165, 1.54) is 107 Å². The summed E-state index contributed by atoms with van der Waals surface area (Å²) in [5.41, 5.74) is 7.31. The van der Waals surface area contributed by atoms with Gasteiger partial charge in [0.25, 0.3) is 0 Å². The fraction of sp³-hybridized carbons (Fsp3) is 0. The van der Waals surface area contributed by atoms with Gasteiger partial charge in [0.2, 0.25) is 0 Å². The first-order valence-corrected chi connectivity index (χ1v) is 29.7. The second-order valence-electron chi connectivity index (χ2n) is 19.5. The number of fused-ring (bicyclic) bond motifs is 3. The molecular formula is C72H52Si2. The van der Waals surface area contributed by atoms with E-state index in [0.29, 0.717) is 0 Å². The van der Waals surface area contributed by atoms with Crippen LogP contribution in [0.3, 0.4) is 0 Å². The van der Waals surface area contributed by atoms with Crippen LogP contribution in [-0.4, -0.2) is 16.1 Å². The Kier molecular flexibility index (Phi) is 11.7. The molecule has 0 radical (unpaired) electrons. The Morgan fingerprint density at radius 1 is 0.162 bits per heavy atom. The Bertz CT molecular complexity index is 3880. The molecule has 0 saturated carbocycles. The van der Waals surface area contributed by atoms with Crippen molar-refractivity contribution in [2.24, 2.45) is 0 Å². The quantitative estimate of drug-likeness (QED) is 0.0688. The molecule has 0 bridgehead atoms. The molecule has 74 heavy (non-hydrogen) atoms.